The van der Waals surface area contributed by atoms with Crippen molar-refractivity contribution in [2.24, 2.45) is 0 Å². The Morgan fingerprint density at radius 3 is 2.37 bits per heavy atom. The van der Waals surface area contributed by atoms with Crippen LogP contribution < -0.4 is 5.32 Å². The topological polar surface area (TPSA) is 72.9 Å². The molecule has 148 valence electrons. The molecule has 0 aliphatic carbocycles. The quantitative estimate of drug-likeness (QED) is 0.804. The van der Waals surface area contributed by atoms with E-state index in [0.717, 1.165) is 11.1 Å². The van der Waals surface area contributed by atoms with Crippen molar-refractivity contribution in [3.63, 3.8) is 0 Å². The number of allylic oxidation sites excluding steroid dienone is 1. The number of likely N-dealkylation sites (N-methyl/N-ethyl adjacent to an activating group) is 1. The minimum absolute atomic E-state index is 0.00203. The van der Waals surface area contributed by atoms with Gasteiger partial charge in [-0.25, -0.2) is 4.79 Å². The molecule has 1 aromatic rings. The van der Waals surface area contributed by atoms with Gasteiger partial charge in [0.25, 0.3) is 0 Å². The van der Waals surface area contributed by atoms with Crippen LogP contribution in [0.2, 0.25) is 0 Å². The molecule has 0 unspecified atom stereocenters. The van der Waals surface area contributed by atoms with Crippen molar-refractivity contribution < 1.29 is 14.7 Å². The Morgan fingerprint density at radius 1 is 1.26 bits per heavy atom. The highest BCUT2D eigenvalue weighted by Gasteiger charge is 2.51. The molecule has 6 heteroatoms. The fourth-order valence-corrected chi connectivity index (χ4v) is 3.65. The number of hydrogen-bond donors (Lipinski definition) is 2. The molecule has 27 heavy (non-hydrogen) atoms. The Hall–Kier alpha value is -2.34. The van der Waals surface area contributed by atoms with Crippen molar-refractivity contribution in [1.82, 2.24) is 15.1 Å². The molecule has 1 aromatic carbocycles. The van der Waals surface area contributed by atoms with E-state index in [1.807, 2.05) is 57.2 Å². The van der Waals surface area contributed by atoms with Crippen molar-refractivity contribution in [3.05, 3.63) is 41.5 Å². The average molecular weight is 373 g/mol. The number of benzene rings is 1. The van der Waals surface area contributed by atoms with E-state index in [1.165, 1.54) is 6.92 Å². The van der Waals surface area contributed by atoms with Crippen molar-refractivity contribution in [3.8, 4) is 0 Å². The van der Waals surface area contributed by atoms with Crippen molar-refractivity contribution in [1.29, 1.82) is 0 Å². The Bertz CT molecular complexity index is 684. The first kappa shape index (κ1) is 21.0. The molecule has 0 spiro atoms. The van der Waals surface area contributed by atoms with Gasteiger partial charge in [-0.1, -0.05) is 36.4 Å². The lowest BCUT2D eigenvalue weighted by molar-refractivity contribution is -0.129. The number of aliphatic hydroxyl groups excluding tert-OH is 1. The molecule has 2 N–H and O–H groups in total. The summed E-state index contributed by atoms with van der Waals surface area (Å²) in [4.78, 5) is 27.7. The molecule has 1 saturated heterocycles. The third-order valence-electron chi connectivity index (χ3n) is 5.06. The van der Waals surface area contributed by atoms with Gasteiger partial charge in [-0.05, 0) is 31.9 Å². The monoisotopic (exact) mass is 373 g/mol. The predicted molar refractivity (Wildman–Crippen MR) is 107 cm³/mol. The number of amides is 3. The number of likely N-dealkylation sites (tertiary alicyclic amines) is 1. The summed E-state index contributed by atoms with van der Waals surface area (Å²) < 4.78 is 0. The fourth-order valence-electron chi connectivity index (χ4n) is 3.65. The number of hydrogen-bond acceptors (Lipinski definition) is 3. The number of urea groups is 1. The van der Waals surface area contributed by atoms with Crippen LogP contribution in [0.1, 0.15) is 44.7 Å². The third kappa shape index (κ3) is 4.69. The molecule has 0 bridgehead atoms. The van der Waals surface area contributed by atoms with Crippen LogP contribution in [0.4, 0.5) is 4.79 Å². The van der Waals surface area contributed by atoms with Crippen LogP contribution in [0.25, 0.3) is 6.08 Å². The SMILES string of the molecule is C/C=C/c1ccc([C@@H]2[C@@H](CN(C)C(C)=O)N(C(=O)NC(C)C)[C@H]2CO)cc1. The van der Waals surface area contributed by atoms with Gasteiger partial charge in [-0.15, -0.1) is 0 Å². The van der Waals surface area contributed by atoms with Gasteiger partial charge in [0.2, 0.25) is 5.91 Å². The summed E-state index contributed by atoms with van der Waals surface area (Å²) in [6.45, 7) is 7.60. The first-order valence-electron chi connectivity index (χ1n) is 9.44. The predicted octanol–water partition coefficient (Wildman–Crippen LogP) is 2.44. The summed E-state index contributed by atoms with van der Waals surface area (Å²) in [5.41, 5.74) is 2.17. The van der Waals surface area contributed by atoms with Crippen LogP contribution in [-0.2, 0) is 4.79 Å². The lowest BCUT2D eigenvalue weighted by Crippen LogP contribution is -2.70. The average Bonchev–Trinajstić information content (AvgIpc) is 2.59. The molecule has 1 fully saturated rings. The Balaban J connectivity index is 2.31. The summed E-state index contributed by atoms with van der Waals surface area (Å²) in [5.74, 6) is -0.0665. The Kier molecular flexibility index (Phi) is 7.02. The second kappa shape index (κ2) is 9.04. The van der Waals surface area contributed by atoms with Crippen molar-refractivity contribution >= 4 is 18.0 Å². The normalized spacial score (nSPS) is 22.0. The van der Waals surface area contributed by atoms with Gasteiger partial charge in [0.15, 0.2) is 0 Å². The summed E-state index contributed by atoms with van der Waals surface area (Å²) in [7, 11) is 1.74. The molecule has 3 amide bonds. The van der Waals surface area contributed by atoms with Crippen molar-refractivity contribution in [2.75, 3.05) is 20.2 Å². The number of nitrogens with zero attached hydrogens (tertiary/aromatic N) is 2. The van der Waals surface area contributed by atoms with E-state index in [-0.39, 0.29) is 42.6 Å². The van der Waals surface area contributed by atoms with E-state index in [0.29, 0.717) is 6.54 Å². The van der Waals surface area contributed by atoms with Gasteiger partial charge < -0.3 is 20.2 Å². The highest BCUT2D eigenvalue weighted by atomic mass is 16.3. The number of carbonyl (C=O) groups excluding carboxylic acids is 2. The van der Waals surface area contributed by atoms with Gasteiger partial charge in [-0.3, -0.25) is 4.79 Å². The van der Waals surface area contributed by atoms with Crippen LogP contribution in [0, 0.1) is 0 Å². The number of nitrogens with one attached hydrogen (secondary N) is 1. The third-order valence-corrected chi connectivity index (χ3v) is 5.06. The molecule has 1 aliphatic heterocycles. The highest BCUT2D eigenvalue weighted by Crippen LogP contribution is 2.41. The number of carbonyl (C=O) groups is 2. The molecule has 1 aliphatic rings. The summed E-state index contributed by atoms with van der Waals surface area (Å²) in [6, 6.07) is 7.47. The zero-order chi connectivity index (χ0) is 20.1. The molecule has 0 radical (unpaired) electrons. The van der Waals surface area contributed by atoms with Crippen LogP contribution in [0.5, 0.6) is 0 Å². The van der Waals surface area contributed by atoms with E-state index >= 15 is 0 Å². The van der Waals surface area contributed by atoms with Crippen LogP contribution >= 0.6 is 0 Å². The Labute approximate surface area is 161 Å². The smallest absolute Gasteiger partial charge is 0.318 e. The van der Waals surface area contributed by atoms with Crippen molar-refractivity contribution in [2.45, 2.75) is 51.7 Å². The molecular formula is C21H31N3O3. The maximum absolute atomic E-state index is 12.7. The van der Waals surface area contributed by atoms with Gasteiger partial charge in [0, 0.05) is 32.5 Å². The fraction of sp³-hybridized carbons (Fsp3) is 0.524. The molecule has 0 saturated carbocycles. The summed E-state index contributed by atoms with van der Waals surface area (Å²) in [6.07, 6.45) is 4.01. The van der Waals surface area contributed by atoms with E-state index in [1.54, 1.807) is 16.8 Å². The Morgan fingerprint density at radius 2 is 1.89 bits per heavy atom. The van der Waals surface area contributed by atoms with Crippen LogP contribution in [-0.4, -0.2) is 65.2 Å². The summed E-state index contributed by atoms with van der Waals surface area (Å²) in [5, 5.41) is 12.9. The molecule has 2 rings (SSSR count). The standard InChI is InChI=1S/C21H31N3O3/c1-6-7-16-8-10-17(11-9-16)20-18(12-23(5)15(4)26)24(19(20)13-25)21(27)22-14(2)3/h6-11,14,18-20,25H,12-13H2,1-5H3,(H,22,27)/b7-6+/t18-,19+,20-/m1/s1. The second-order valence-corrected chi connectivity index (χ2v) is 7.42. The van der Waals surface area contributed by atoms with E-state index < -0.39 is 0 Å². The van der Waals surface area contributed by atoms with E-state index in [4.69, 9.17) is 0 Å². The zero-order valence-corrected chi connectivity index (χ0v) is 16.8. The summed E-state index contributed by atoms with van der Waals surface area (Å²) >= 11 is 0. The first-order chi connectivity index (χ1) is 12.8. The molecule has 0 aromatic heterocycles. The van der Waals surface area contributed by atoms with Gasteiger partial charge >= 0.3 is 6.03 Å². The lowest BCUT2D eigenvalue weighted by Gasteiger charge is -2.55. The largest absolute Gasteiger partial charge is 0.394 e. The number of rotatable bonds is 6. The lowest BCUT2D eigenvalue weighted by atomic mass is 9.75. The zero-order valence-electron chi connectivity index (χ0n) is 16.8. The maximum Gasteiger partial charge on any atom is 0.318 e. The van der Waals surface area contributed by atoms with Gasteiger partial charge in [-0.2, -0.15) is 0 Å². The van der Waals surface area contributed by atoms with Crippen LogP contribution in [0.15, 0.2) is 30.3 Å². The number of aliphatic hydroxyl groups is 1. The molecule has 6 nitrogen and oxygen atoms in total. The molecule has 1 heterocycles. The highest BCUT2D eigenvalue weighted by molar-refractivity contribution is 5.77. The second-order valence-electron chi connectivity index (χ2n) is 7.42. The molecule has 3 atom stereocenters. The minimum atomic E-state index is -0.304. The first-order valence-corrected chi connectivity index (χ1v) is 9.44. The van der Waals surface area contributed by atoms with Gasteiger partial charge in [0.1, 0.15) is 0 Å². The minimum Gasteiger partial charge on any atom is -0.394 e. The van der Waals surface area contributed by atoms with E-state index in [9.17, 15) is 14.7 Å². The maximum atomic E-state index is 12.7. The van der Waals surface area contributed by atoms with Gasteiger partial charge in [0.05, 0.1) is 18.7 Å². The van der Waals surface area contributed by atoms with Crippen LogP contribution in [0.3, 0.4) is 0 Å². The molecular weight excluding hydrogens is 342 g/mol. The van der Waals surface area contributed by atoms with E-state index in [2.05, 4.69) is 5.32 Å².